The van der Waals surface area contributed by atoms with E-state index in [0.29, 0.717) is 23.7 Å². The monoisotopic (exact) mass is 272 g/mol. The maximum absolute atomic E-state index is 12.3. The summed E-state index contributed by atoms with van der Waals surface area (Å²) in [7, 11) is 0. The van der Waals surface area contributed by atoms with Crippen LogP contribution >= 0.6 is 0 Å². The highest BCUT2D eigenvalue weighted by Crippen LogP contribution is 2.08. The molecule has 0 heterocycles. The van der Waals surface area contributed by atoms with E-state index in [4.69, 9.17) is 5.26 Å². The van der Waals surface area contributed by atoms with Gasteiger partial charge < -0.3 is 0 Å². The van der Waals surface area contributed by atoms with Crippen LogP contribution in [-0.4, -0.2) is 29.8 Å². The Labute approximate surface area is 122 Å². The van der Waals surface area contributed by atoms with E-state index in [1.807, 2.05) is 0 Å². The third kappa shape index (κ3) is 5.14. The molecular formula is C17H24N2O. The average Bonchev–Trinajstić information content (AvgIpc) is 2.46. The predicted molar refractivity (Wildman–Crippen MR) is 81.7 cm³/mol. The molecule has 0 aliphatic rings. The van der Waals surface area contributed by atoms with Crippen LogP contribution in [0.3, 0.4) is 0 Å². The van der Waals surface area contributed by atoms with Crippen molar-refractivity contribution in [1.82, 2.24) is 4.90 Å². The molecular weight excluding hydrogens is 248 g/mol. The molecule has 3 nitrogen and oxygen atoms in total. The molecule has 20 heavy (non-hydrogen) atoms. The molecule has 0 aromatic heterocycles. The smallest absolute Gasteiger partial charge is 0.176 e. The van der Waals surface area contributed by atoms with Gasteiger partial charge in [0.05, 0.1) is 18.2 Å². The van der Waals surface area contributed by atoms with Crippen LogP contribution in [0.1, 0.15) is 56.0 Å². The van der Waals surface area contributed by atoms with Gasteiger partial charge in [-0.25, -0.2) is 0 Å². The number of hydrogen-bond donors (Lipinski definition) is 0. The van der Waals surface area contributed by atoms with E-state index in [9.17, 15) is 4.79 Å². The minimum atomic E-state index is 0.125. The molecule has 0 aliphatic carbocycles. The number of nitrogens with zero attached hydrogens (tertiary/aromatic N) is 2. The van der Waals surface area contributed by atoms with Crippen molar-refractivity contribution >= 4 is 5.78 Å². The lowest BCUT2D eigenvalue weighted by Crippen LogP contribution is -2.36. The molecule has 0 spiro atoms. The second-order valence-corrected chi connectivity index (χ2v) is 5.38. The quantitative estimate of drug-likeness (QED) is 0.536. The van der Waals surface area contributed by atoms with Crippen LogP contribution < -0.4 is 0 Å². The van der Waals surface area contributed by atoms with Crippen molar-refractivity contribution in [1.29, 1.82) is 5.26 Å². The van der Waals surface area contributed by atoms with Gasteiger partial charge in [-0.1, -0.05) is 31.9 Å². The van der Waals surface area contributed by atoms with Crippen molar-refractivity contribution in [3.05, 3.63) is 35.4 Å². The van der Waals surface area contributed by atoms with Gasteiger partial charge in [0.1, 0.15) is 0 Å². The Morgan fingerprint density at radius 2 is 1.90 bits per heavy atom. The van der Waals surface area contributed by atoms with Crippen molar-refractivity contribution in [3.63, 3.8) is 0 Å². The van der Waals surface area contributed by atoms with Crippen LogP contribution in [0.25, 0.3) is 0 Å². The maximum Gasteiger partial charge on any atom is 0.176 e. The summed E-state index contributed by atoms with van der Waals surface area (Å²) >= 11 is 0. The minimum absolute atomic E-state index is 0.125. The van der Waals surface area contributed by atoms with Gasteiger partial charge >= 0.3 is 0 Å². The first-order valence-electron chi connectivity index (χ1n) is 7.36. The molecule has 3 heteroatoms. The number of ketones is 1. The fourth-order valence-corrected chi connectivity index (χ4v) is 2.09. The van der Waals surface area contributed by atoms with Gasteiger partial charge in [0.15, 0.2) is 5.78 Å². The van der Waals surface area contributed by atoms with Gasteiger partial charge in [0.25, 0.3) is 0 Å². The molecule has 0 amide bonds. The molecule has 1 rings (SSSR count). The SMILES string of the molecule is CCCCCN(CC(=O)c1ccc(C#N)cc1)C(C)C. The van der Waals surface area contributed by atoms with E-state index in [1.165, 1.54) is 12.8 Å². The zero-order valence-corrected chi connectivity index (χ0v) is 12.7. The molecule has 0 bridgehead atoms. The van der Waals surface area contributed by atoms with Crippen molar-refractivity contribution in [2.24, 2.45) is 0 Å². The van der Waals surface area contributed by atoms with E-state index in [1.54, 1.807) is 24.3 Å². The van der Waals surface area contributed by atoms with E-state index < -0.39 is 0 Å². The Morgan fingerprint density at radius 3 is 2.40 bits per heavy atom. The largest absolute Gasteiger partial charge is 0.293 e. The summed E-state index contributed by atoms with van der Waals surface area (Å²) in [6, 6.07) is 9.31. The summed E-state index contributed by atoms with van der Waals surface area (Å²) < 4.78 is 0. The number of rotatable bonds is 8. The van der Waals surface area contributed by atoms with Crippen LogP contribution in [0.15, 0.2) is 24.3 Å². The highest BCUT2D eigenvalue weighted by Gasteiger charge is 2.15. The van der Waals surface area contributed by atoms with Crippen LogP contribution in [0.2, 0.25) is 0 Å². The Hall–Kier alpha value is -1.66. The Balaban J connectivity index is 2.62. The fourth-order valence-electron chi connectivity index (χ4n) is 2.09. The zero-order chi connectivity index (χ0) is 15.0. The minimum Gasteiger partial charge on any atom is -0.293 e. The first-order valence-corrected chi connectivity index (χ1v) is 7.36. The first-order chi connectivity index (χ1) is 9.58. The zero-order valence-electron chi connectivity index (χ0n) is 12.7. The van der Waals surface area contributed by atoms with Crippen molar-refractivity contribution in [3.8, 4) is 6.07 Å². The summed E-state index contributed by atoms with van der Waals surface area (Å²) in [6.45, 7) is 7.85. The maximum atomic E-state index is 12.3. The summed E-state index contributed by atoms with van der Waals surface area (Å²) in [5.74, 6) is 0.125. The fraction of sp³-hybridized carbons (Fsp3) is 0.529. The molecule has 1 aromatic rings. The molecule has 0 saturated heterocycles. The van der Waals surface area contributed by atoms with Gasteiger partial charge in [-0.05, 0) is 38.9 Å². The van der Waals surface area contributed by atoms with Crippen molar-refractivity contribution in [2.45, 2.75) is 46.1 Å². The molecule has 0 N–H and O–H groups in total. The molecule has 108 valence electrons. The van der Waals surface area contributed by atoms with E-state index >= 15 is 0 Å². The summed E-state index contributed by atoms with van der Waals surface area (Å²) in [5.41, 5.74) is 1.27. The van der Waals surface area contributed by atoms with Crippen LogP contribution in [-0.2, 0) is 0 Å². The number of unbranched alkanes of at least 4 members (excludes halogenated alkanes) is 2. The Kier molecular flexibility index (Phi) is 6.97. The first kappa shape index (κ1) is 16.4. The standard InChI is InChI=1S/C17H24N2O/c1-4-5-6-11-19(14(2)3)13-17(20)16-9-7-15(12-18)8-10-16/h7-10,14H,4-6,11,13H2,1-3H3. The van der Waals surface area contributed by atoms with E-state index in [-0.39, 0.29) is 5.78 Å². The second-order valence-electron chi connectivity index (χ2n) is 5.38. The summed E-state index contributed by atoms with van der Waals surface area (Å²) in [6.07, 6.45) is 3.53. The number of benzene rings is 1. The van der Waals surface area contributed by atoms with E-state index in [0.717, 1.165) is 13.0 Å². The number of carbonyl (C=O) groups excluding carboxylic acids is 1. The highest BCUT2D eigenvalue weighted by atomic mass is 16.1. The number of hydrogen-bond acceptors (Lipinski definition) is 3. The topological polar surface area (TPSA) is 44.1 Å². The lowest BCUT2D eigenvalue weighted by Gasteiger charge is -2.25. The molecule has 0 aliphatic heterocycles. The lowest BCUT2D eigenvalue weighted by molar-refractivity contribution is 0.0904. The Morgan fingerprint density at radius 1 is 1.25 bits per heavy atom. The molecule has 0 saturated carbocycles. The number of carbonyl (C=O) groups is 1. The van der Waals surface area contributed by atoms with Gasteiger partial charge in [0, 0.05) is 11.6 Å². The van der Waals surface area contributed by atoms with Gasteiger partial charge in [-0.15, -0.1) is 0 Å². The van der Waals surface area contributed by atoms with Crippen LogP contribution in [0, 0.1) is 11.3 Å². The molecule has 1 aromatic carbocycles. The third-order valence-corrected chi connectivity index (χ3v) is 3.46. The van der Waals surface area contributed by atoms with Crippen molar-refractivity contribution in [2.75, 3.05) is 13.1 Å². The summed E-state index contributed by atoms with van der Waals surface area (Å²) in [4.78, 5) is 14.5. The molecule has 0 fully saturated rings. The number of Topliss-reactive ketones (excluding diaryl/α,β-unsaturated/α-hetero) is 1. The third-order valence-electron chi connectivity index (χ3n) is 3.46. The average molecular weight is 272 g/mol. The normalized spacial score (nSPS) is 10.8. The second kappa shape index (κ2) is 8.50. The van der Waals surface area contributed by atoms with Crippen LogP contribution in [0.4, 0.5) is 0 Å². The Bertz CT molecular complexity index is 457. The van der Waals surface area contributed by atoms with Gasteiger partial charge in [-0.3, -0.25) is 9.69 Å². The van der Waals surface area contributed by atoms with Crippen LogP contribution in [0.5, 0.6) is 0 Å². The highest BCUT2D eigenvalue weighted by molar-refractivity contribution is 5.97. The predicted octanol–water partition coefficient (Wildman–Crippen LogP) is 3.64. The molecule has 0 atom stereocenters. The number of nitriles is 1. The molecule has 0 radical (unpaired) electrons. The lowest BCUT2D eigenvalue weighted by atomic mass is 10.1. The van der Waals surface area contributed by atoms with Gasteiger partial charge in [0.2, 0.25) is 0 Å². The van der Waals surface area contributed by atoms with E-state index in [2.05, 4.69) is 31.7 Å². The van der Waals surface area contributed by atoms with Crippen molar-refractivity contribution < 1.29 is 4.79 Å². The van der Waals surface area contributed by atoms with Gasteiger partial charge in [-0.2, -0.15) is 5.26 Å². The summed E-state index contributed by atoms with van der Waals surface area (Å²) in [5, 5.41) is 8.76. The molecule has 0 unspecified atom stereocenters.